The van der Waals surface area contributed by atoms with Crippen LogP contribution in [0.1, 0.15) is 30.6 Å². The van der Waals surface area contributed by atoms with E-state index in [1.807, 2.05) is 0 Å². The fraction of sp³-hybridized carbons (Fsp3) is 0.462. The van der Waals surface area contributed by atoms with Crippen LogP contribution in [0.4, 0.5) is 4.39 Å². The lowest BCUT2D eigenvalue weighted by molar-refractivity contribution is -0.147. The summed E-state index contributed by atoms with van der Waals surface area (Å²) in [6.45, 7) is 3.54. The summed E-state index contributed by atoms with van der Waals surface area (Å²) in [6, 6.07) is 4.00. The van der Waals surface area contributed by atoms with E-state index < -0.39 is 24.0 Å². The molecule has 1 aromatic carbocycles. The lowest BCUT2D eigenvalue weighted by atomic mass is 10.0. The first-order valence-electron chi connectivity index (χ1n) is 5.73. The van der Waals surface area contributed by atoms with E-state index in [1.165, 1.54) is 6.07 Å². The van der Waals surface area contributed by atoms with Gasteiger partial charge < -0.3 is 14.9 Å². The van der Waals surface area contributed by atoms with Crippen molar-refractivity contribution >= 4 is 5.97 Å². The number of carbonyl (C=O) groups excluding carboxylic acids is 1. The molecule has 5 heteroatoms. The molecule has 0 amide bonds. The summed E-state index contributed by atoms with van der Waals surface area (Å²) in [6.07, 6.45) is -2.96. The fourth-order valence-electron chi connectivity index (χ4n) is 1.66. The van der Waals surface area contributed by atoms with Gasteiger partial charge in [0.25, 0.3) is 0 Å². The van der Waals surface area contributed by atoms with Gasteiger partial charge in [0.2, 0.25) is 0 Å². The molecule has 2 N–H and O–H groups in total. The van der Waals surface area contributed by atoms with Crippen LogP contribution < -0.4 is 0 Å². The molecule has 0 aliphatic carbocycles. The topological polar surface area (TPSA) is 66.8 Å². The maximum Gasteiger partial charge on any atom is 0.308 e. The van der Waals surface area contributed by atoms with Crippen molar-refractivity contribution in [1.29, 1.82) is 0 Å². The summed E-state index contributed by atoms with van der Waals surface area (Å²) < 4.78 is 17.8. The van der Waals surface area contributed by atoms with Gasteiger partial charge >= 0.3 is 5.97 Å². The monoisotopic (exact) mass is 256 g/mol. The Kier molecular flexibility index (Phi) is 5.25. The molecule has 0 fully saturated rings. The quantitative estimate of drug-likeness (QED) is 0.783. The van der Waals surface area contributed by atoms with Crippen molar-refractivity contribution in [3.63, 3.8) is 0 Å². The molecule has 1 aromatic rings. The zero-order valence-electron chi connectivity index (χ0n) is 10.4. The van der Waals surface area contributed by atoms with E-state index in [0.29, 0.717) is 5.56 Å². The van der Waals surface area contributed by atoms with Crippen molar-refractivity contribution in [2.24, 2.45) is 0 Å². The van der Waals surface area contributed by atoms with Crippen molar-refractivity contribution in [2.75, 3.05) is 6.61 Å². The molecule has 2 atom stereocenters. The minimum atomic E-state index is -1.32. The number of aliphatic hydroxyl groups excluding tert-OH is 2. The van der Waals surface area contributed by atoms with E-state index >= 15 is 0 Å². The van der Waals surface area contributed by atoms with Gasteiger partial charge in [-0.05, 0) is 37.1 Å². The maximum atomic E-state index is 13.2. The molecule has 100 valence electrons. The van der Waals surface area contributed by atoms with Crippen LogP contribution in [0.2, 0.25) is 0 Å². The van der Waals surface area contributed by atoms with E-state index in [-0.39, 0.29) is 18.6 Å². The van der Waals surface area contributed by atoms with Crippen molar-refractivity contribution in [1.82, 2.24) is 0 Å². The molecule has 0 bridgehead atoms. The first-order valence-corrected chi connectivity index (χ1v) is 5.73. The predicted molar refractivity (Wildman–Crippen MR) is 63.4 cm³/mol. The molecule has 0 radical (unpaired) electrons. The Morgan fingerprint density at radius 1 is 1.39 bits per heavy atom. The lowest BCUT2D eigenvalue weighted by Crippen LogP contribution is -2.23. The van der Waals surface area contributed by atoms with Crippen molar-refractivity contribution < 1.29 is 24.1 Å². The second-order valence-electron chi connectivity index (χ2n) is 4.08. The molecule has 0 aliphatic rings. The third-order valence-electron chi connectivity index (χ3n) is 2.45. The third kappa shape index (κ3) is 4.09. The average Bonchev–Trinajstić information content (AvgIpc) is 2.26. The minimum absolute atomic E-state index is 0.209. The average molecular weight is 256 g/mol. The van der Waals surface area contributed by atoms with Gasteiger partial charge in [0, 0.05) is 0 Å². The van der Waals surface area contributed by atoms with Crippen LogP contribution in [0.3, 0.4) is 0 Å². The molecule has 0 aliphatic heterocycles. The Bertz CT molecular complexity index is 399. The number of ether oxygens (including phenoxy) is 1. The van der Waals surface area contributed by atoms with Crippen molar-refractivity contribution in [2.45, 2.75) is 32.5 Å². The zero-order chi connectivity index (χ0) is 13.7. The molecule has 18 heavy (non-hydrogen) atoms. The van der Waals surface area contributed by atoms with Crippen LogP contribution >= 0.6 is 0 Å². The van der Waals surface area contributed by atoms with Crippen LogP contribution in [0.5, 0.6) is 0 Å². The number of hydrogen-bond donors (Lipinski definition) is 2. The van der Waals surface area contributed by atoms with Gasteiger partial charge in [-0.2, -0.15) is 0 Å². The molecule has 0 aromatic heterocycles. The number of halogens is 1. The normalized spacial score (nSPS) is 14.1. The van der Waals surface area contributed by atoms with Crippen LogP contribution in [-0.2, 0) is 9.53 Å². The standard InChI is InChI=1S/C13H17FO4/c1-3-18-12(16)7-11(15)13(17)9-4-8(2)5-10(14)6-9/h4-6,11,13,15,17H,3,7H2,1-2H3. The zero-order valence-corrected chi connectivity index (χ0v) is 10.4. The smallest absolute Gasteiger partial charge is 0.308 e. The Balaban J connectivity index is 2.73. The van der Waals surface area contributed by atoms with Gasteiger partial charge in [-0.1, -0.05) is 6.07 Å². The van der Waals surface area contributed by atoms with Crippen LogP contribution in [0, 0.1) is 12.7 Å². The molecule has 1 rings (SSSR count). The van der Waals surface area contributed by atoms with Crippen LogP contribution in [0.25, 0.3) is 0 Å². The molecular formula is C13H17FO4. The number of rotatable bonds is 5. The lowest BCUT2D eigenvalue weighted by Gasteiger charge is -2.18. The van der Waals surface area contributed by atoms with Crippen molar-refractivity contribution in [3.05, 3.63) is 35.1 Å². The second-order valence-corrected chi connectivity index (χ2v) is 4.08. The van der Waals surface area contributed by atoms with Crippen molar-refractivity contribution in [3.8, 4) is 0 Å². The minimum Gasteiger partial charge on any atom is -0.466 e. The Morgan fingerprint density at radius 2 is 2.06 bits per heavy atom. The first kappa shape index (κ1) is 14.6. The molecular weight excluding hydrogens is 239 g/mol. The van der Waals surface area contributed by atoms with Crippen LogP contribution in [-0.4, -0.2) is 28.9 Å². The van der Waals surface area contributed by atoms with Crippen LogP contribution in [0.15, 0.2) is 18.2 Å². The summed E-state index contributed by atoms with van der Waals surface area (Å²) in [4.78, 5) is 11.2. The number of carbonyl (C=O) groups is 1. The van der Waals surface area contributed by atoms with Gasteiger partial charge in [-0.25, -0.2) is 4.39 Å². The number of esters is 1. The predicted octanol–water partition coefficient (Wildman–Crippen LogP) is 1.48. The van der Waals surface area contributed by atoms with Gasteiger partial charge in [0.1, 0.15) is 11.9 Å². The fourth-order valence-corrected chi connectivity index (χ4v) is 1.66. The third-order valence-corrected chi connectivity index (χ3v) is 2.45. The molecule has 2 unspecified atom stereocenters. The van der Waals surface area contributed by atoms with E-state index in [9.17, 15) is 19.4 Å². The van der Waals surface area contributed by atoms with Gasteiger partial charge in [0.15, 0.2) is 0 Å². The highest BCUT2D eigenvalue weighted by Gasteiger charge is 2.22. The molecule has 0 saturated carbocycles. The SMILES string of the molecule is CCOC(=O)CC(O)C(O)c1cc(C)cc(F)c1. The number of hydrogen-bond acceptors (Lipinski definition) is 4. The van der Waals surface area contributed by atoms with Gasteiger partial charge in [-0.3, -0.25) is 4.79 Å². The summed E-state index contributed by atoms with van der Waals surface area (Å²) in [5, 5.41) is 19.5. The van der Waals surface area contributed by atoms with E-state index in [1.54, 1.807) is 19.9 Å². The number of benzene rings is 1. The maximum absolute atomic E-state index is 13.2. The first-order chi connectivity index (χ1) is 8.43. The highest BCUT2D eigenvalue weighted by Crippen LogP contribution is 2.21. The van der Waals surface area contributed by atoms with Gasteiger partial charge in [-0.15, -0.1) is 0 Å². The molecule has 0 spiro atoms. The summed E-state index contributed by atoms with van der Waals surface area (Å²) in [5.41, 5.74) is 0.872. The summed E-state index contributed by atoms with van der Waals surface area (Å²) >= 11 is 0. The van der Waals surface area contributed by atoms with E-state index in [4.69, 9.17) is 0 Å². The number of aliphatic hydroxyl groups is 2. The Labute approximate surface area is 105 Å². The largest absolute Gasteiger partial charge is 0.466 e. The van der Waals surface area contributed by atoms with E-state index in [2.05, 4.69) is 4.74 Å². The Hall–Kier alpha value is -1.46. The highest BCUT2D eigenvalue weighted by molar-refractivity contribution is 5.70. The van der Waals surface area contributed by atoms with Gasteiger partial charge in [0.05, 0.1) is 19.1 Å². The summed E-state index contributed by atoms with van der Waals surface area (Å²) in [7, 11) is 0. The second kappa shape index (κ2) is 6.47. The highest BCUT2D eigenvalue weighted by atomic mass is 19.1. The Morgan fingerprint density at radius 3 is 2.61 bits per heavy atom. The van der Waals surface area contributed by atoms with E-state index in [0.717, 1.165) is 6.07 Å². The molecule has 0 heterocycles. The summed E-state index contributed by atoms with van der Waals surface area (Å²) in [5.74, 6) is -1.09. The number of aryl methyl sites for hydroxylation is 1. The molecule has 0 saturated heterocycles. The molecule has 4 nitrogen and oxygen atoms in total.